The third kappa shape index (κ3) is 2.85. The molecule has 2 rings (SSSR count). The summed E-state index contributed by atoms with van der Waals surface area (Å²) in [6, 6.07) is 2.04. The van der Waals surface area contributed by atoms with Crippen LogP contribution in [0.25, 0.3) is 0 Å². The number of pyridine rings is 1. The van der Waals surface area contributed by atoms with Crippen molar-refractivity contribution in [3.63, 3.8) is 0 Å². The van der Waals surface area contributed by atoms with Crippen LogP contribution >= 0.6 is 0 Å². The van der Waals surface area contributed by atoms with Gasteiger partial charge in [-0.25, -0.2) is 0 Å². The first-order valence-electron chi connectivity index (χ1n) is 5.82. The third-order valence-corrected chi connectivity index (χ3v) is 3.14. The van der Waals surface area contributed by atoms with E-state index in [2.05, 4.69) is 15.6 Å². The normalized spacial score (nSPS) is 24.4. The van der Waals surface area contributed by atoms with Crippen LogP contribution in [0.3, 0.4) is 0 Å². The number of aliphatic hydroxyl groups excluding tert-OH is 1. The Hall–Kier alpha value is -1.29. The molecule has 1 aliphatic rings. The summed E-state index contributed by atoms with van der Waals surface area (Å²) in [7, 11) is 1.88. The van der Waals surface area contributed by atoms with Crippen LogP contribution in [0.5, 0.6) is 0 Å². The maximum atomic E-state index is 9.43. The van der Waals surface area contributed by atoms with E-state index in [1.54, 1.807) is 6.20 Å². The van der Waals surface area contributed by atoms with E-state index < -0.39 is 0 Å². The quantitative estimate of drug-likeness (QED) is 0.724. The maximum absolute atomic E-state index is 9.43. The van der Waals surface area contributed by atoms with Crippen molar-refractivity contribution in [2.75, 3.05) is 24.2 Å². The molecule has 1 fully saturated rings. The molecule has 1 aromatic rings. The van der Waals surface area contributed by atoms with Gasteiger partial charge in [0.2, 0.25) is 0 Å². The zero-order valence-corrected chi connectivity index (χ0v) is 9.61. The molecule has 3 N–H and O–H groups in total. The molecule has 0 amide bonds. The molecule has 16 heavy (non-hydrogen) atoms. The van der Waals surface area contributed by atoms with Crippen molar-refractivity contribution in [3.8, 4) is 0 Å². The monoisotopic (exact) mass is 221 g/mol. The van der Waals surface area contributed by atoms with Crippen LogP contribution in [-0.2, 0) is 0 Å². The smallest absolute Gasteiger partial charge is 0.0547 e. The molecule has 4 heteroatoms. The highest BCUT2D eigenvalue weighted by Crippen LogP contribution is 2.25. The summed E-state index contributed by atoms with van der Waals surface area (Å²) < 4.78 is 0. The standard InChI is InChI=1S/C12H19N3O/c1-13-10-5-11(8-14-7-10)15-6-9-2-3-12(16)4-9/h5,7-9,12-13,15-16H,2-4,6H2,1H3. The predicted molar refractivity (Wildman–Crippen MR) is 65.6 cm³/mol. The predicted octanol–water partition coefficient (Wildman–Crippen LogP) is 1.70. The molecule has 0 aliphatic heterocycles. The third-order valence-electron chi connectivity index (χ3n) is 3.14. The Balaban J connectivity index is 1.84. The van der Waals surface area contributed by atoms with Gasteiger partial charge in [0, 0.05) is 13.6 Å². The Morgan fingerprint density at radius 1 is 1.38 bits per heavy atom. The SMILES string of the molecule is CNc1cncc(NCC2CCC(O)C2)c1. The average molecular weight is 221 g/mol. The van der Waals surface area contributed by atoms with E-state index in [9.17, 15) is 5.11 Å². The second kappa shape index (κ2) is 5.16. The Morgan fingerprint density at radius 2 is 2.19 bits per heavy atom. The minimum atomic E-state index is -0.0893. The topological polar surface area (TPSA) is 57.2 Å². The van der Waals surface area contributed by atoms with Crippen molar-refractivity contribution >= 4 is 11.4 Å². The summed E-state index contributed by atoms with van der Waals surface area (Å²) >= 11 is 0. The van der Waals surface area contributed by atoms with Gasteiger partial charge >= 0.3 is 0 Å². The summed E-state index contributed by atoms with van der Waals surface area (Å²) in [5, 5.41) is 15.9. The van der Waals surface area contributed by atoms with E-state index in [0.29, 0.717) is 5.92 Å². The minimum Gasteiger partial charge on any atom is -0.393 e. The van der Waals surface area contributed by atoms with Crippen molar-refractivity contribution in [3.05, 3.63) is 18.5 Å². The number of aliphatic hydroxyl groups is 1. The summed E-state index contributed by atoms with van der Waals surface area (Å²) in [4.78, 5) is 4.14. The highest BCUT2D eigenvalue weighted by atomic mass is 16.3. The zero-order chi connectivity index (χ0) is 11.4. The maximum Gasteiger partial charge on any atom is 0.0547 e. The number of aromatic nitrogens is 1. The lowest BCUT2D eigenvalue weighted by atomic mass is 10.1. The molecule has 1 saturated carbocycles. The molecule has 1 heterocycles. The highest BCUT2D eigenvalue weighted by Gasteiger charge is 2.22. The number of nitrogens with one attached hydrogen (secondary N) is 2. The molecule has 1 aliphatic carbocycles. The highest BCUT2D eigenvalue weighted by molar-refractivity contribution is 5.53. The van der Waals surface area contributed by atoms with Crippen molar-refractivity contribution in [1.82, 2.24) is 4.98 Å². The van der Waals surface area contributed by atoms with Crippen LogP contribution in [0.1, 0.15) is 19.3 Å². The summed E-state index contributed by atoms with van der Waals surface area (Å²) in [6.07, 6.45) is 6.52. The van der Waals surface area contributed by atoms with Gasteiger partial charge in [-0.1, -0.05) is 0 Å². The fourth-order valence-electron chi connectivity index (χ4n) is 2.17. The lowest BCUT2D eigenvalue weighted by Gasteiger charge is -2.12. The van der Waals surface area contributed by atoms with Gasteiger partial charge in [-0.05, 0) is 31.2 Å². The van der Waals surface area contributed by atoms with E-state index in [-0.39, 0.29) is 6.10 Å². The average Bonchev–Trinajstić information content (AvgIpc) is 2.73. The molecule has 2 atom stereocenters. The van der Waals surface area contributed by atoms with Gasteiger partial charge in [0.25, 0.3) is 0 Å². The first-order chi connectivity index (χ1) is 7.78. The molecular formula is C12H19N3O. The second-order valence-corrected chi connectivity index (χ2v) is 4.43. The molecule has 0 radical (unpaired) electrons. The van der Waals surface area contributed by atoms with Gasteiger partial charge in [0.15, 0.2) is 0 Å². The first kappa shape index (κ1) is 11.2. The van der Waals surface area contributed by atoms with Crippen LogP contribution in [0.15, 0.2) is 18.5 Å². The lowest BCUT2D eigenvalue weighted by Crippen LogP contribution is -2.12. The van der Waals surface area contributed by atoms with Crippen LogP contribution < -0.4 is 10.6 Å². The number of hydrogen-bond acceptors (Lipinski definition) is 4. The van der Waals surface area contributed by atoms with E-state index in [1.807, 2.05) is 19.3 Å². The van der Waals surface area contributed by atoms with Crippen molar-refractivity contribution in [1.29, 1.82) is 0 Å². The second-order valence-electron chi connectivity index (χ2n) is 4.43. The Morgan fingerprint density at radius 3 is 2.88 bits per heavy atom. The summed E-state index contributed by atoms with van der Waals surface area (Å²) in [5.74, 6) is 0.591. The summed E-state index contributed by atoms with van der Waals surface area (Å²) in [6.45, 7) is 0.923. The molecule has 0 saturated heterocycles. The molecule has 0 bridgehead atoms. The molecular weight excluding hydrogens is 202 g/mol. The van der Waals surface area contributed by atoms with Crippen LogP contribution in [0.2, 0.25) is 0 Å². The van der Waals surface area contributed by atoms with Crippen LogP contribution in [0.4, 0.5) is 11.4 Å². The van der Waals surface area contributed by atoms with E-state index in [4.69, 9.17) is 0 Å². The fourth-order valence-corrected chi connectivity index (χ4v) is 2.17. The van der Waals surface area contributed by atoms with E-state index >= 15 is 0 Å². The largest absolute Gasteiger partial charge is 0.393 e. The minimum absolute atomic E-state index is 0.0893. The van der Waals surface area contributed by atoms with E-state index in [0.717, 1.165) is 37.2 Å². The fraction of sp³-hybridized carbons (Fsp3) is 0.583. The number of nitrogens with zero attached hydrogens (tertiary/aromatic N) is 1. The lowest BCUT2D eigenvalue weighted by molar-refractivity contribution is 0.178. The number of rotatable bonds is 4. The molecule has 0 spiro atoms. The Bertz CT molecular complexity index is 343. The summed E-state index contributed by atoms with van der Waals surface area (Å²) in [5.41, 5.74) is 2.05. The van der Waals surface area contributed by atoms with Gasteiger partial charge in [0.1, 0.15) is 0 Å². The molecule has 0 aromatic carbocycles. The van der Waals surface area contributed by atoms with Crippen LogP contribution in [0, 0.1) is 5.92 Å². The van der Waals surface area contributed by atoms with Gasteiger partial charge in [-0.3, -0.25) is 4.98 Å². The molecule has 2 unspecified atom stereocenters. The molecule has 88 valence electrons. The van der Waals surface area contributed by atoms with Gasteiger partial charge in [-0.15, -0.1) is 0 Å². The Labute approximate surface area is 96.1 Å². The number of anilines is 2. The molecule has 4 nitrogen and oxygen atoms in total. The zero-order valence-electron chi connectivity index (χ0n) is 9.61. The van der Waals surface area contributed by atoms with Crippen molar-refractivity contribution in [2.45, 2.75) is 25.4 Å². The van der Waals surface area contributed by atoms with E-state index in [1.165, 1.54) is 0 Å². The first-order valence-corrected chi connectivity index (χ1v) is 5.82. The van der Waals surface area contributed by atoms with Crippen LogP contribution in [-0.4, -0.2) is 29.8 Å². The number of hydrogen-bond donors (Lipinski definition) is 3. The van der Waals surface area contributed by atoms with Gasteiger partial charge < -0.3 is 15.7 Å². The van der Waals surface area contributed by atoms with Crippen molar-refractivity contribution in [2.24, 2.45) is 5.92 Å². The molecule has 1 aromatic heterocycles. The van der Waals surface area contributed by atoms with Crippen molar-refractivity contribution < 1.29 is 5.11 Å². The van der Waals surface area contributed by atoms with Gasteiger partial charge in [0.05, 0.1) is 29.9 Å². The Kier molecular flexibility index (Phi) is 3.62. The van der Waals surface area contributed by atoms with Gasteiger partial charge in [-0.2, -0.15) is 0 Å².